The fourth-order valence-corrected chi connectivity index (χ4v) is 4.95. The van der Waals surface area contributed by atoms with Gasteiger partial charge in [-0.25, -0.2) is 18.7 Å². The molecule has 0 fully saturated rings. The topological polar surface area (TPSA) is 107 Å². The molecule has 0 bridgehead atoms. The molecule has 0 saturated heterocycles. The second-order valence-corrected chi connectivity index (χ2v) is 10.5. The van der Waals surface area contributed by atoms with Crippen molar-refractivity contribution in [2.45, 2.75) is 12.8 Å². The molecule has 0 atom stereocenters. The molecule has 6 nitrogen and oxygen atoms in total. The van der Waals surface area contributed by atoms with E-state index < -0.39 is 7.12 Å². The van der Waals surface area contributed by atoms with Crippen molar-refractivity contribution in [2.24, 2.45) is 0 Å². The third kappa shape index (κ3) is 7.18. The van der Waals surface area contributed by atoms with Gasteiger partial charge in [-0.05, 0) is 93.7 Å². The van der Waals surface area contributed by atoms with Crippen LogP contribution in [0.5, 0.6) is 11.5 Å². The Morgan fingerprint density at radius 2 is 1.27 bits per heavy atom. The maximum atomic E-state index is 13.6. The molecule has 2 aliphatic carbocycles. The van der Waals surface area contributed by atoms with Crippen LogP contribution in [-0.4, -0.2) is 37.3 Å². The summed E-state index contributed by atoms with van der Waals surface area (Å²) in [5.41, 5.74) is 4.38. The van der Waals surface area contributed by atoms with E-state index in [4.69, 9.17) is 38.4 Å². The third-order valence-electron chi connectivity index (χ3n) is 5.98. The van der Waals surface area contributed by atoms with E-state index >= 15 is 0 Å². The monoisotopic (exact) mass is 694 g/mol. The summed E-state index contributed by atoms with van der Waals surface area (Å²) >= 11 is 13.2. The van der Waals surface area contributed by atoms with Crippen LogP contribution < -0.4 is 0 Å². The number of hydrogen-bond acceptors (Lipinski definition) is 6. The van der Waals surface area contributed by atoms with Crippen molar-refractivity contribution in [3.63, 3.8) is 0 Å². The lowest BCUT2D eigenvalue weighted by Gasteiger charge is -2.04. The van der Waals surface area contributed by atoms with Gasteiger partial charge in [0.2, 0.25) is 0 Å². The first kappa shape index (κ1) is 29.9. The minimum Gasteiger partial charge on any atom is -0.506 e. The third-order valence-corrected chi connectivity index (χ3v) is 7.20. The summed E-state index contributed by atoms with van der Waals surface area (Å²) in [5.74, 6) is -0.351. The van der Waals surface area contributed by atoms with Crippen molar-refractivity contribution >= 4 is 70.6 Å². The quantitative estimate of drug-likeness (QED) is 0.109. The SMILES string of the molecule is OB(O)C1=Cc2c(F)cccc2C1.Oc1ccc(Cl)nc1C1=Cc2c(F)cccc2C1.Oc1ccc(Cl)nc1I. The van der Waals surface area contributed by atoms with Gasteiger partial charge >= 0.3 is 7.12 Å². The molecular formula is C28H20BCl2F2IN2O4. The van der Waals surface area contributed by atoms with E-state index in [-0.39, 0.29) is 23.1 Å². The summed E-state index contributed by atoms with van der Waals surface area (Å²) in [6.07, 6.45) is 4.18. The summed E-state index contributed by atoms with van der Waals surface area (Å²) in [6.45, 7) is 0. The largest absolute Gasteiger partial charge is 0.506 e. The van der Waals surface area contributed by atoms with Gasteiger partial charge in [-0.15, -0.1) is 0 Å². The number of aromatic nitrogens is 2. The number of allylic oxidation sites excluding steroid dienone is 2. The summed E-state index contributed by atoms with van der Waals surface area (Å²) in [6, 6.07) is 15.8. The summed E-state index contributed by atoms with van der Waals surface area (Å²) < 4.78 is 27.3. The van der Waals surface area contributed by atoms with E-state index in [2.05, 4.69) is 9.97 Å². The van der Waals surface area contributed by atoms with E-state index in [9.17, 15) is 13.9 Å². The normalized spacial score (nSPS) is 12.7. The standard InChI is InChI=1S/C14H9ClFNO.C9H8BFO2.C5H3ClINO/c15-13-5-4-12(18)14(17-13)9-6-8-2-1-3-11(16)10(8)7-9;11-9-3-1-2-6-4-7(10(12)13)5-8(6)9;6-4-2-1-3(9)5(7)8-4/h1-5,7,18H,6H2;1-3,5,12-13H,4H2;1-2,9H. The first-order valence-electron chi connectivity index (χ1n) is 11.7. The highest BCUT2D eigenvalue weighted by atomic mass is 127. The maximum absolute atomic E-state index is 13.6. The zero-order valence-corrected chi connectivity index (χ0v) is 24.2. The number of benzene rings is 2. The Morgan fingerprint density at radius 3 is 1.80 bits per heavy atom. The number of pyridine rings is 2. The second kappa shape index (κ2) is 13.1. The fraction of sp³-hybridized carbons (Fsp3) is 0.0714. The Labute approximate surface area is 252 Å². The molecule has 0 saturated carbocycles. The first-order valence-corrected chi connectivity index (χ1v) is 13.6. The molecule has 0 aliphatic heterocycles. The highest BCUT2D eigenvalue weighted by molar-refractivity contribution is 14.1. The Kier molecular flexibility index (Phi) is 9.80. The van der Waals surface area contributed by atoms with Gasteiger partial charge in [0.25, 0.3) is 0 Å². The van der Waals surface area contributed by atoms with Crippen LogP contribution in [0, 0.1) is 15.3 Å². The summed E-state index contributed by atoms with van der Waals surface area (Å²) in [4.78, 5) is 7.87. The van der Waals surface area contributed by atoms with Gasteiger partial charge in [0.15, 0.2) is 0 Å². The summed E-state index contributed by atoms with van der Waals surface area (Å²) in [5, 5.41) is 37.2. The zero-order valence-electron chi connectivity index (χ0n) is 20.5. The predicted octanol–water partition coefficient (Wildman–Crippen LogP) is 6.50. The van der Waals surface area contributed by atoms with Crippen molar-refractivity contribution in [1.82, 2.24) is 9.97 Å². The van der Waals surface area contributed by atoms with Crippen LogP contribution in [0.4, 0.5) is 8.78 Å². The molecule has 0 radical (unpaired) electrons. The molecule has 4 N–H and O–H groups in total. The maximum Gasteiger partial charge on any atom is 0.484 e. The van der Waals surface area contributed by atoms with Crippen molar-refractivity contribution in [3.8, 4) is 11.5 Å². The first-order chi connectivity index (χ1) is 19.0. The predicted molar refractivity (Wildman–Crippen MR) is 161 cm³/mol. The smallest absolute Gasteiger partial charge is 0.484 e. The van der Waals surface area contributed by atoms with E-state index in [0.717, 1.165) is 16.7 Å². The molecule has 0 amide bonds. The van der Waals surface area contributed by atoms with Crippen molar-refractivity contribution in [3.05, 3.63) is 120 Å². The molecule has 4 aromatic rings. The zero-order chi connectivity index (χ0) is 29.0. The Morgan fingerprint density at radius 1 is 0.725 bits per heavy atom. The van der Waals surface area contributed by atoms with Crippen LogP contribution in [0.1, 0.15) is 27.9 Å². The number of rotatable bonds is 2. The molecule has 2 aliphatic rings. The molecule has 2 aromatic heterocycles. The lowest BCUT2D eigenvalue weighted by Crippen LogP contribution is -2.14. The molecule has 2 heterocycles. The van der Waals surface area contributed by atoms with Crippen molar-refractivity contribution in [1.29, 1.82) is 0 Å². The lowest BCUT2D eigenvalue weighted by atomic mass is 9.78. The Balaban J connectivity index is 0.000000148. The number of nitrogens with zero attached hydrogens (tertiary/aromatic N) is 2. The molecule has 0 spiro atoms. The van der Waals surface area contributed by atoms with Crippen molar-refractivity contribution < 1.29 is 29.0 Å². The Bertz CT molecular complexity index is 1640. The molecule has 0 unspecified atom stereocenters. The number of halogens is 5. The van der Waals surface area contributed by atoms with Crippen LogP contribution in [0.3, 0.4) is 0 Å². The average Bonchev–Trinajstić information content (AvgIpc) is 3.55. The van der Waals surface area contributed by atoms with E-state index in [0.29, 0.717) is 49.1 Å². The van der Waals surface area contributed by atoms with E-state index in [1.807, 2.05) is 28.7 Å². The van der Waals surface area contributed by atoms with Crippen LogP contribution in [0.25, 0.3) is 17.7 Å². The van der Waals surface area contributed by atoms with E-state index in [1.54, 1.807) is 30.3 Å². The summed E-state index contributed by atoms with van der Waals surface area (Å²) in [7, 11) is -1.48. The van der Waals surface area contributed by atoms with Gasteiger partial charge in [-0.2, -0.15) is 0 Å². The number of fused-ring (bicyclic) bond motifs is 2. The molecule has 6 rings (SSSR count). The lowest BCUT2D eigenvalue weighted by molar-refractivity contribution is 0.418. The van der Waals surface area contributed by atoms with Crippen LogP contribution in [0.15, 0.2) is 66.1 Å². The minimum atomic E-state index is -1.48. The van der Waals surface area contributed by atoms with Crippen LogP contribution >= 0.6 is 45.8 Å². The molecule has 40 heavy (non-hydrogen) atoms. The average molecular weight is 695 g/mol. The van der Waals surface area contributed by atoms with Gasteiger partial charge in [-0.3, -0.25) is 0 Å². The van der Waals surface area contributed by atoms with Gasteiger partial charge in [0.1, 0.15) is 42.8 Å². The molecule has 204 valence electrons. The van der Waals surface area contributed by atoms with Gasteiger partial charge < -0.3 is 20.3 Å². The fourth-order valence-electron chi connectivity index (χ4n) is 4.07. The molecule has 2 aromatic carbocycles. The Hall–Kier alpha value is -3.03. The molecular weight excluding hydrogens is 675 g/mol. The second-order valence-electron chi connectivity index (χ2n) is 8.69. The number of hydrogen-bond donors (Lipinski definition) is 4. The van der Waals surface area contributed by atoms with Crippen molar-refractivity contribution in [2.75, 3.05) is 0 Å². The highest BCUT2D eigenvalue weighted by Gasteiger charge is 2.23. The van der Waals surface area contributed by atoms with Gasteiger partial charge in [-0.1, -0.05) is 53.5 Å². The number of aromatic hydroxyl groups is 2. The van der Waals surface area contributed by atoms with Crippen LogP contribution in [-0.2, 0) is 12.8 Å². The minimum absolute atomic E-state index is 0.0545. The molecule has 12 heteroatoms. The van der Waals surface area contributed by atoms with E-state index in [1.165, 1.54) is 36.4 Å². The highest BCUT2D eigenvalue weighted by Crippen LogP contribution is 2.36. The van der Waals surface area contributed by atoms with Gasteiger partial charge in [0, 0.05) is 17.5 Å². The van der Waals surface area contributed by atoms with Gasteiger partial charge in [0.05, 0.1) is 0 Å². The van der Waals surface area contributed by atoms with Crippen LogP contribution in [0.2, 0.25) is 10.3 Å².